The molecule has 0 bridgehead atoms. The van der Waals surface area contributed by atoms with Crippen molar-refractivity contribution in [3.8, 4) is 0 Å². The van der Waals surface area contributed by atoms with E-state index in [1.54, 1.807) is 12.1 Å². The number of rotatable bonds is 5. The smallest absolute Gasteiger partial charge is 0.301 e. The highest BCUT2D eigenvalue weighted by molar-refractivity contribution is 7.90. The number of nitrogens with two attached hydrogens (primary N) is 1. The third-order valence-corrected chi connectivity index (χ3v) is 4.83. The molecule has 1 saturated heterocycles. The predicted molar refractivity (Wildman–Crippen MR) is 77.2 cm³/mol. The van der Waals surface area contributed by atoms with E-state index in [1.165, 1.54) is 4.31 Å². The molecule has 6 heteroatoms. The molecule has 0 unspecified atom stereocenters. The normalized spacial score (nSPS) is 17.3. The van der Waals surface area contributed by atoms with Crippen molar-refractivity contribution in [3.05, 3.63) is 29.8 Å². The van der Waals surface area contributed by atoms with Crippen LogP contribution in [0.2, 0.25) is 0 Å². The molecule has 1 aliphatic rings. The Kier molecular flexibility index (Phi) is 4.79. The Hall–Kier alpha value is -1.11. The molecule has 1 fully saturated rings. The molecule has 0 saturated carbocycles. The van der Waals surface area contributed by atoms with Gasteiger partial charge in [-0.3, -0.25) is 4.72 Å². The van der Waals surface area contributed by atoms with E-state index >= 15 is 0 Å². The Morgan fingerprint density at radius 2 is 1.74 bits per heavy atom. The monoisotopic (exact) mass is 283 g/mol. The molecule has 1 heterocycles. The van der Waals surface area contributed by atoms with Gasteiger partial charge in [0.25, 0.3) is 0 Å². The van der Waals surface area contributed by atoms with Crippen molar-refractivity contribution in [2.45, 2.75) is 25.7 Å². The summed E-state index contributed by atoms with van der Waals surface area (Å²) >= 11 is 0. The zero-order valence-corrected chi connectivity index (χ0v) is 11.8. The quantitative estimate of drug-likeness (QED) is 0.856. The second-order valence-corrected chi connectivity index (χ2v) is 6.47. The molecule has 0 radical (unpaired) electrons. The van der Waals surface area contributed by atoms with Crippen LogP contribution in [0.15, 0.2) is 24.3 Å². The summed E-state index contributed by atoms with van der Waals surface area (Å²) in [6.07, 6.45) is 3.80. The summed E-state index contributed by atoms with van der Waals surface area (Å²) in [5.41, 5.74) is 7.20. The maximum absolute atomic E-state index is 12.2. The topological polar surface area (TPSA) is 75.4 Å². The SMILES string of the molecule is NCCc1ccc(NS(=O)(=O)N2CCCCC2)cc1. The maximum Gasteiger partial charge on any atom is 0.301 e. The van der Waals surface area contributed by atoms with Crippen LogP contribution in [-0.4, -0.2) is 32.4 Å². The second kappa shape index (κ2) is 6.36. The van der Waals surface area contributed by atoms with Crippen molar-refractivity contribution < 1.29 is 8.42 Å². The summed E-state index contributed by atoms with van der Waals surface area (Å²) in [6.45, 7) is 1.82. The standard InChI is InChI=1S/C13H21N3O2S/c14-9-8-12-4-6-13(7-5-12)15-19(17,18)16-10-2-1-3-11-16/h4-7,15H,1-3,8-11,14H2. The minimum absolute atomic E-state index is 0.596. The van der Waals surface area contributed by atoms with Crippen LogP contribution in [0.4, 0.5) is 5.69 Å². The third-order valence-electron chi connectivity index (χ3n) is 3.29. The van der Waals surface area contributed by atoms with Crippen LogP contribution in [-0.2, 0) is 16.6 Å². The van der Waals surface area contributed by atoms with Gasteiger partial charge < -0.3 is 5.73 Å². The average molecular weight is 283 g/mol. The molecule has 0 amide bonds. The number of hydrogen-bond acceptors (Lipinski definition) is 3. The molecule has 106 valence electrons. The van der Waals surface area contributed by atoms with Crippen molar-refractivity contribution in [3.63, 3.8) is 0 Å². The van der Waals surface area contributed by atoms with Gasteiger partial charge in [-0.05, 0) is 43.5 Å². The van der Waals surface area contributed by atoms with Crippen LogP contribution in [0.25, 0.3) is 0 Å². The molecular weight excluding hydrogens is 262 g/mol. The van der Waals surface area contributed by atoms with Crippen LogP contribution in [0, 0.1) is 0 Å². The molecule has 5 nitrogen and oxygen atoms in total. The van der Waals surface area contributed by atoms with Gasteiger partial charge in [-0.1, -0.05) is 18.6 Å². The maximum atomic E-state index is 12.2. The van der Waals surface area contributed by atoms with E-state index in [0.29, 0.717) is 25.3 Å². The molecule has 0 aromatic heterocycles. The van der Waals surface area contributed by atoms with Gasteiger partial charge in [0.1, 0.15) is 0 Å². The van der Waals surface area contributed by atoms with Gasteiger partial charge in [-0.2, -0.15) is 12.7 Å². The fourth-order valence-electron chi connectivity index (χ4n) is 2.22. The van der Waals surface area contributed by atoms with Crippen molar-refractivity contribution in [2.24, 2.45) is 5.73 Å². The van der Waals surface area contributed by atoms with E-state index in [-0.39, 0.29) is 0 Å². The van der Waals surface area contributed by atoms with Crippen molar-refractivity contribution in [2.75, 3.05) is 24.4 Å². The number of nitrogens with zero attached hydrogens (tertiary/aromatic N) is 1. The van der Waals surface area contributed by atoms with E-state index in [4.69, 9.17) is 5.73 Å². The minimum Gasteiger partial charge on any atom is -0.330 e. The summed E-state index contributed by atoms with van der Waals surface area (Å²) in [5, 5.41) is 0. The molecule has 3 N–H and O–H groups in total. The summed E-state index contributed by atoms with van der Waals surface area (Å²) in [5.74, 6) is 0. The Morgan fingerprint density at radius 1 is 1.11 bits per heavy atom. The number of benzene rings is 1. The Morgan fingerprint density at radius 3 is 2.32 bits per heavy atom. The zero-order valence-electron chi connectivity index (χ0n) is 11.0. The van der Waals surface area contributed by atoms with Crippen LogP contribution >= 0.6 is 0 Å². The van der Waals surface area contributed by atoms with E-state index < -0.39 is 10.2 Å². The first-order valence-corrected chi connectivity index (χ1v) is 8.13. The summed E-state index contributed by atoms with van der Waals surface area (Å²) in [6, 6.07) is 7.38. The molecule has 0 atom stereocenters. The highest BCUT2D eigenvalue weighted by atomic mass is 32.2. The zero-order chi connectivity index (χ0) is 13.7. The van der Waals surface area contributed by atoms with Gasteiger partial charge in [-0.15, -0.1) is 0 Å². The number of piperidine rings is 1. The largest absolute Gasteiger partial charge is 0.330 e. The highest BCUT2D eigenvalue weighted by Crippen LogP contribution is 2.17. The van der Waals surface area contributed by atoms with Crippen molar-refractivity contribution >= 4 is 15.9 Å². The van der Waals surface area contributed by atoms with Gasteiger partial charge in [-0.25, -0.2) is 0 Å². The van der Waals surface area contributed by atoms with Crippen molar-refractivity contribution in [1.29, 1.82) is 0 Å². The predicted octanol–water partition coefficient (Wildman–Crippen LogP) is 1.33. The van der Waals surface area contributed by atoms with Crippen LogP contribution in [0.1, 0.15) is 24.8 Å². The van der Waals surface area contributed by atoms with Crippen LogP contribution < -0.4 is 10.5 Å². The van der Waals surface area contributed by atoms with Gasteiger partial charge in [0.05, 0.1) is 0 Å². The van der Waals surface area contributed by atoms with Gasteiger partial charge in [0, 0.05) is 18.8 Å². The van der Waals surface area contributed by atoms with Gasteiger partial charge in [0.15, 0.2) is 0 Å². The van der Waals surface area contributed by atoms with E-state index in [1.807, 2.05) is 12.1 Å². The Balaban J connectivity index is 2.02. The molecular formula is C13H21N3O2S. The lowest BCUT2D eigenvalue weighted by Crippen LogP contribution is -2.39. The first-order chi connectivity index (χ1) is 9.12. The van der Waals surface area contributed by atoms with E-state index in [2.05, 4.69) is 4.72 Å². The molecule has 1 aromatic carbocycles. The second-order valence-electron chi connectivity index (χ2n) is 4.80. The van der Waals surface area contributed by atoms with Crippen LogP contribution in [0.3, 0.4) is 0 Å². The van der Waals surface area contributed by atoms with Crippen molar-refractivity contribution in [1.82, 2.24) is 4.31 Å². The molecule has 2 rings (SSSR count). The minimum atomic E-state index is -3.40. The lowest BCUT2D eigenvalue weighted by atomic mass is 10.1. The fraction of sp³-hybridized carbons (Fsp3) is 0.538. The summed E-state index contributed by atoms with van der Waals surface area (Å²) in [4.78, 5) is 0. The first-order valence-electron chi connectivity index (χ1n) is 6.69. The lowest BCUT2D eigenvalue weighted by Gasteiger charge is -2.26. The first kappa shape index (κ1) is 14.3. The number of anilines is 1. The third kappa shape index (κ3) is 3.92. The molecule has 0 aliphatic carbocycles. The van der Waals surface area contributed by atoms with Gasteiger partial charge in [0.2, 0.25) is 0 Å². The lowest BCUT2D eigenvalue weighted by molar-refractivity contribution is 0.349. The average Bonchev–Trinajstić information content (AvgIpc) is 2.42. The molecule has 0 spiro atoms. The number of nitrogens with one attached hydrogen (secondary N) is 1. The van der Waals surface area contributed by atoms with Crippen LogP contribution in [0.5, 0.6) is 0 Å². The molecule has 19 heavy (non-hydrogen) atoms. The summed E-state index contributed by atoms with van der Waals surface area (Å²) in [7, 11) is -3.40. The molecule has 1 aromatic rings. The molecule has 1 aliphatic heterocycles. The Labute approximate surface area is 115 Å². The Bertz CT molecular complexity index is 493. The van der Waals surface area contributed by atoms with E-state index in [9.17, 15) is 8.42 Å². The van der Waals surface area contributed by atoms with Gasteiger partial charge >= 0.3 is 10.2 Å². The fourth-order valence-corrected chi connectivity index (χ4v) is 3.53. The summed E-state index contributed by atoms with van der Waals surface area (Å²) < 4.78 is 28.5. The highest BCUT2D eigenvalue weighted by Gasteiger charge is 2.23. The number of hydrogen-bond donors (Lipinski definition) is 2. The van der Waals surface area contributed by atoms with E-state index in [0.717, 1.165) is 31.2 Å².